The molecule has 0 aromatic rings. The Labute approximate surface area is 67.9 Å². The van der Waals surface area contributed by atoms with Gasteiger partial charge in [-0.25, -0.2) is 4.79 Å². The topological polar surface area (TPSA) is 66.8 Å². The summed E-state index contributed by atoms with van der Waals surface area (Å²) in [4.78, 5) is 10.6. The van der Waals surface area contributed by atoms with E-state index < -0.39 is 17.8 Å². The van der Waals surface area contributed by atoms with Crippen LogP contribution in [-0.4, -0.2) is 34.3 Å². The van der Waals surface area contributed by atoms with Crippen LogP contribution in [-0.2, 0) is 9.53 Å². The largest absolute Gasteiger partial charge is 0.505 e. The molecule has 0 saturated heterocycles. The molecule has 1 aliphatic rings. The first-order valence-electron chi connectivity index (χ1n) is 2.99. The molecule has 1 heterocycles. The lowest BCUT2D eigenvalue weighted by atomic mass is 10.3. The number of cyclic esters (lactones) is 1. The summed E-state index contributed by atoms with van der Waals surface area (Å²) >= 11 is 1.42. The van der Waals surface area contributed by atoms with Gasteiger partial charge in [0.1, 0.15) is 0 Å². The smallest absolute Gasteiger partial charge is 0.377 e. The molecule has 0 aliphatic carbocycles. The molecule has 1 aliphatic heterocycles. The molecule has 1 atom stereocenters. The molecule has 2 N–H and O–H groups in total. The monoisotopic (exact) mass is 176 g/mol. The van der Waals surface area contributed by atoms with E-state index in [1.807, 2.05) is 6.26 Å². The van der Waals surface area contributed by atoms with Crippen LogP contribution in [0.25, 0.3) is 0 Å². The Morgan fingerprint density at radius 1 is 1.64 bits per heavy atom. The van der Waals surface area contributed by atoms with E-state index >= 15 is 0 Å². The first kappa shape index (κ1) is 8.26. The van der Waals surface area contributed by atoms with E-state index in [9.17, 15) is 4.79 Å². The molecule has 62 valence electrons. The zero-order valence-electron chi connectivity index (χ0n) is 5.90. The number of aliphatic hydroxyl groups is 2. The highest BCUT2D eigenvalue weighted by atomic mass is 32.2. The summed E-state index contributed by atoms with van der Waals surface area (Å²) < 4.78 is 4.59. The number of ether oxygens (including phenoxy) is 1. The van der Waals surface area contributed by atoms with Crippen LogP contribution in [0.3, 0.4) is 0 Å². The van der Waals surface area contributed by atoms with Crippen molar-refractivity contribution in [2.75, 3.05) is 12.0 Å². The summed E-state index contributed by atoms with van der Waals surface area (Å²) in [7, 11) is 0. The summed E-state index contributed by atoms with van der Waals surface area (Å²) in [6, 6.07) is 0. The van der Waals surface area contributed by atoms with Crippen LogP contribution < -0.4 is 0 Å². The molecular weight excluding hydrogens is 168 g/mol. The van der Waals surface area contributed by atoms with Gasteiger partial charge in [0, 0.05) is 5.75 Å². The molecule has 0 bridgehead atoms. The number of rotatable bonds is 2. The second-order valence-corrected chi connectivity index (χ2v) is 2.99. The van der Waals surface area contributed by atoms with Crippen molar-refractivity contribution in [3.8, 4) is 0 Å². The number of esters is 1. The molecule has 0 saturated carbocycles. The highest BCUT2D eigenvalue weighted by molar-refractivity contribution is 7.98. The molecule has 0 radical (unpaired) electrons. The van der Waals surface area contributed by atoms with Gasteiger partial charge in [-0.2, -0.15) is 11.8 Å². The Kier molecular flexibility index (Phi) is 2.28. The van der Waals surface area contributed by atoms with Crippen molar-refractivity contribution < 1.29 is 19.7 Å². The predicted octanol–water partition coefficient (Wildman–Crippen LogP) is 0.602. The summed E-state index contributed by atoms with van der Waals surface area (Å²) in [5.74, 6) is -1.41. The Morgan fingerprint density at radius 3 is 2.64 bits per heavy atom. The third-order valence-electron chi connectivity index (χ3n) is 1.31. The van der Waals surface area contributed by atoms with Crippen molar-refractivity contribution in [1.29, 1.82) is 0 Å². The summed E-state index contributed by atoms with van der Waals surface area (Å²) in [5.41, 5.74) is 0. The first-order valence-corrected chi connectivity index (χ1v) is 4.38. The molecule has 0 aromatic carbocycles. The third-order valence-corrected chi connectivity index (χ3v) is 1.94. The molecule has 1 unspecified atom stereocenters. The maximum absolute atomic E-state index is 10.6. The minimum Gasteiger partial charge on any atom is -0.505 e. The zero-order chi connectivity index (χ0) is 8.43. The number of aliphatic hydroxyl groups excluding tert-OH is 2. The average molecular weight is 176 g/mol. The third kappa shape index (κ3) is 1.42. The van der Waals surface area contributed by atoms with Crippen molar-refractivity contribution in [2.45, 2.75) is 6.10 Å². The second kappa shape index (κ2) is 3.04. The molecular formula is C6H8O4S. The molecule has 4 nitrogen and oxygen atoms in total. The maximum Gasteiger partial charge on any atom is 0.377 e. The van der Waals surface area contributed by atoms with Crippen molar-refractivity contribution in [3.63, 3.8) is 0 Å². The standard InChI is InChI=1S/C6H8O4S/c1-11-2-3-4(7)5(8)6(9)10-3/h3,7-8H,2H2,1H3. The lowest BCUT2D eigenvalue weighted by molar-refractivity contribution is -0.141. The van der Waals surface area contributed by atoms with Crippen LogP contribution in [0, 0.1) is 0 Å². The SMILES string of the molecule is CSCC1OC(=O)C(O)=C1O. The normalized spacial score (nSPS) is 24.1. The minimum atomic E-state index is -0.846. The summed E-state index contributed by atoms with van der Waals surface area (Å²) in [6.07, 6.45) is 1.15. The molecule has 5 heteroatoms. The van der Waals surface area contributed by atoms with Gasteiger partial charge >= 0.3 is 5.97 Å². The van der Waals surface area contributed by atoms with E-state index in [0.29, 0.717) is 5.75 Å². The molecule has 1 rings (SSSR count). The van der Waals surface area contributed by atoms with Gasteiger partial charge in [0.2, 0.25) is 5.76 Å². The number of carbonyl (C=O) groups excluding carboxylic acids is 1. The fraction of sp³-hybridized carbons (Fsp3) is 0.500. The molecule has 0 fully saturated rings. The quantitative estimate of drug-likeness (QED) is 0.603. The molecule has 11 heavy (non-hydrogen) atoms. The molecule has 0 aromatic heterocycles. The van der Waals surface area contributed by atoms with Gasteiger partial charge in [0.05, 0.1) is 0 Å². The van der Waals surface area contributed by atoms with Gasteiger partial charge in [0.25, 0.3) is 0 Å². The highest BCUT2D eigenvalue weighted by Crippen LogP contribution is 2.20. The fourth-order valence-electron chi connectivity index (χ4n) is 0.762. The predicted molar refractivity (Wildman–Crippen MR) is 40.5 cm³/mol. The van der Waals surface area contributed by atoms with E-state index in [1.54, 1.807) is 0 Å². The van der Waals surface area contributed by atoms with Gasteiger partial charge in [-0.1, -0.05) is 0 Å². The van der Waals surface area contributed by atoms with Gasteiger partial charge in [0.15, 0.2) is 11.9 Å². The van der Waals surface area contributed by atoms with Crippen molar-refractivity contribution in [2.24, 2.45) is 0 Å². The lowest BCUT2D eigenvalue weighted by Crippen LogP contribution is -2.14. The Balaban J connectivity index is 2.69. The molecule has 0 amide bonds. The van der Waals surface area contributed by atoms with E-state index in [-0.39, 0.29) is 5.76 Å². The van der Waals surface area contributed by atoms with E-state index in [4.69, 9.17) is 10.2 Å². The van der Waals surface area contributed by atoms with Crippen LogP contribution in [0.2, 0.25) is 0 Å². The Hall–Kier alpha value is -0.840. The van der Waals surface area contributed by atoms with Crippen LogP contribution in [0.15, 0.2) is 11.5 Å². The van der Waals surface area contributed by atoms with E-state index in [2.05, 4.69) is 4.74 Å². The minimum absolute atomic E-state index is 0.357. The number of hydrogen-bond acceptors (Lipinski definition) is 5. The second-order valence-electron chi connectivity index (χ2n) is 2.08. The Morgan fingerprint density at radius 2 is 2.27 bits per heavy atom. The van der Waals surface area contributed by atoms with Gasteiger partial charge in [-0.3, -0.25) is 0 Å². The van der Waals surface area contributed by atoms with Crippen molar-refractivity contribution >= 4 is 17.7 Å². The van der Waals surface area contributed by atoms with Gasteiger partial charge in [-0.05, 0) is 6.26 Å². The Bertz CT molecular complexity index is 211. The van der Waals surface area contributed by atoms with Crippen molar-refractivity contribution in [3.05, 3.63) is 11.5 Å². The van der Waals surface area contributed by atoms with Crippen molar-refractivity contribution in [1.82, 2.24) is 0 Å². The van der Waals surface area contributed by atoms with E-state index in [0.717, 1.165) is 0 Å². The van der Waals surface area contributed by atoms with Crippen LogP contribution in [0.1, 0.15) is 0 Å². The van der Waals surface area contributed by atoms with Crippen LogP contribution in [0.4, 0.5) is 0 Å². The number of carbonyl (C=O) groups is 1. The number of hydrogen-bond donors (Lipinski definition) is 2. The maximum atomic E-state index is 10.6. The fourth-order valence-corrected chi connectivity index (χ4v) is 1.29. The summed E-state index contributed by atoms with van der Waals surface area (Å²) in [6.45, 7) is 0. The van der Waals surface area contributed by atoms with Gasteiger partial charge in [-0.15, -0.1) is 0 Å². The average Bonchev–Trinajstić information content (AvgIpc) is 2.19. The van der Waals surface area contributed by atoms with E-state index in [1.165, 1.54) is 11.8 Å². The number of thioether (sulfide) groups is 1. The highest BCUT2D eigenvalue weighted by Gasteiger charge is 2.33. The van der Waals surface area contributed by atoms with Crippen LogP contribution in [0.5, 0.6) is 0 Å². The summed E-state index contributed by atoms with van der Waals surface area (Å²) in [5, 5.41) is 17.8. The van der Waals surface area contributed by atoms with Gasteiger partial charge < -0.3 is 14.9 Å². The molecule has 0 spiro atoms. The van der Waals surface area contributed by atoms with Crippen LogP contribution >= 0.6 is 11.8 Å². The lowest BCUT2D eigenvalue weighted by Gasteiger charge is -2.05. The first-order chi connectivity index (χ1) is 5.16. The zero-order valence-corrected chi connectivity index (χ0v) is 6.72.